The molecule has 4 rings (SSSR count). The normalized spacial score (nSPS) is 14.6. The van der Waals surface area contributed by atoms with Crippen LogP contribution in [0.3, 0.4) is 0 Å². The highest BCUT2D eigenvalue weighted by Crippen LogP contribution is 2.34. The Balaban J connectivity index is 1.48. The van der Waals surface area contributed by atoms with E-state index in [2.05, 4.69) is 5.32 Å². The van der Waals surface area contributed by atoms with E-state index in [9.17, 15) is 24.3 Å². The van der Waals surface area contributed by atoms with E-state index in [1.165, 1.54) is 12.1 Å². The molecule has 1 fully saturated rings. The van der Waals surface area contributed by atoms with Gasteiger partial charge in [0.05, 0.1) is 10.5 Å². The fourth-order valence-corrected chi connectivity index (χ4v) is 4.21. The molecule has 0 bridgehead atoms. The summed E-state index contributed by atoms with van der Waals surface area (Å²) >= 11 is 0.707. The molecule has 1 aliphatic heterocycles. The van der Waals surface area contributed by atoms with Crippen LogP contribution in [0, 0.1) is 13.8 Å². The lowest BCUT2D eigenvalue weighted by Gasteiger charge is -2.13. The number of benzene rings is 2. The second kappa shape index (κ2) is 9.40. The van der Waals surface area contributed by atoms with Gasteiger partial charge in [0.25, 0.3) is 11.1 Å². The van der Waals surface area contributed by atoms with Crippen LogP contribution in [0.25, 0.3) is 17.4 Å². The van der Waals surface area contributed by atoms with Crippen LogP contribution in [0.1, 0.15) is 27.2 Å². The average Bonchev–Trinajstić information content (AvgIpc) is 3.36. The molecule has 1 aliphatic rings. The Morgan fingerprint density at radius 2 is 1.82 bits per heavy atom. The van der Waals surface area contributed by atoms with Gasteiger partial charge in [-0.1, -0.05) is 24.3 Å². The highest BCUT2D eigenvalue weighted by atomic mass is 32.2. The number of hydrogen-bond donors (Lipinski definition) is 2. The van der Waals surface area contributed by atoms with Crippen LogP contribution < -0.4 is 5.32 Å². The van der Waals surface area contributed by atoms with Gasteiger partial charge in [-0.25, -0.2) is 4.79 Å². The van der Waals surface area contributed by atoms with Crippen LogP contribution >= 0.6 is 11.8 Å². The summed E-state index contributed by atoms with van der Waals surface area (Å²) in [5.74, 6) is -1.59. The molecule has 34 heavy (non-hydrogen) atoms. The van der Waals surface area contributed by atoms with Crippen LogP contribution in [0.5, 0.6) is 0 Å². The molecule has 0 spiro atoms. The Morgan fingerprint density at radius 3 is 2.56 bits per heavy atom. The number of anilines is 1. The molecular formula is C25H20N2O6S. The maximum atomic E-state index is 12.7. The van der Waals surface area contributed by atoms with Crippen molar-refractivity contribution in [3.63, 3.8) is 0 Å². The molecule has 3 amide bonds. The minimum absolute atomic E-state index is 0.0820. The van der Waals surface area contributed by atoms with Gasteiger partial charge in [-0.3, -0.25) is 19.3 Å². The maximum absolute atomic E-state index is 12.7. The third-order valence-electron chi connectivity index (χ3n) is 5.29. The molecule has 1 aromatic heterocycles. The van der Waals surface area contributed by atoms with Gasteiger partial charge in [0.1, 0.15) is 18.1 Å². The van der Waals surface area contributed by atoms with E-state index >= 15 is 0 Å². The number of aryl methyl sites for hydroxylation is 2. The first-order valence-electron chi connectivity index (χ1n) is 10.3. The van der Waals surface area contributed by atoms with E-state index in [1.54, 1.807) is 36.4 Å². The Labute approximate surface area is 199 Å². The fraction of sp³-hybridized carbons (Fsp3) is 0.120. The molecule has 9 heteroatoms. The lowest BCUT2D eigenvalue weighted by atomic mass is 10.1. The number of hydrogen-bond acceptors (Lipinski definition) is 6. The molecule has 0 atom stereocenters. The van der Waals surface area contributed by atoms with E-state index < -0.39 is 29.6 Å². The number of carboxylic acids is 1. The van der Waals surface area contributed by atoms with Gasteiger partial charge in [-0.15, -0.1) is 0 Å². The number of nitrogens with one attached hydrogen (secondary N) is 1. The van der Waals surface area contributed by atoms with Crippen LogP contribution in [0.4, 0.5) is 10.5 Å². The van der Waals surface area contributed by atoms with Crippen molar-refractivity contribution in [3.05, 3.63) is 82.0 Å². The van der Waals surface area contributed by atoms with Crippen LogP contribution in [0.2, 0.25) is 0 Å². The predicted molar refractivity (Wildman–Crippen MR) is 128 cm³/mol. The molecule has 172 valence electrons. The van der Waals surface area contributed by atoms with Gasteiger partial charge < -0.3 is 14.8 Å². The summed E-state index contributed by atoms with van der Waals surface area (Å²) in [6.07, 6.45) is 1.40. The number of carbonyl (C=O) groups is 4. The molecule has 0 unspecified atom stereocenters. The number of amides is 3. The van der Waals surface area contributed by atoms with Crippen LogP contribution in [-0.2, 0) is 9.59 Å². The number of imide groups is 1. The summed E-state index contributed by atoms with van der Waals surface area (Å²) in [4.78, 5) is 50.0. The minimum Gasteiger partial charge on any atom is -0.478 e. The molecule has 0 saturated carbocycles. The van der Waals surface area contributed by atoms with Gasteiger partial charge in [0.15, 0.2) is 0 Å². The fourth-order valence-electron chi connectivity index (χ4n) is 3.39. The predicted octanol–water partition coefficient (Wildman–Crippen LogP) is 4.94. The monoisotopic (exact) mass is 476 g/mol. The van der Waals surface area contributed by atoms with E-state index in [-0.39, 0.29) is 16.2 Å². The largest absolute Gasteiger partial charge is 0.478 e. The first kappa shape index (κ1) is 23.1. The van der Waals surface area contributed by atoms with Gasteiger partial charge in [0, 0.05) is 17.3 Å². The molecule has 1 saturated heterocycles. The lowest BCUT2D eigenvalue weighted by Crippen LogP contribution is -2.36. The lowest BCUT2D eigenvalue weighted by molar-refractivity contribution is -0.127. The summed E-state index contributed by atoms with van der Waals surface area (Å²) < 4.78 is 5.71. The molecule has 2 aromatic carbocycles. The molecular weight excluding hydrogens is 456 g/mol. The van der Waals surface area contributed by atoms with Crippen molar-refractivity contribution in [1.82, 2.24) is 4.90 Å². The standard InChI is InChI=1S/C25H20N2O6S/c1-14-7-8-16(11-15(14)2)26-22(28)13-27-23(29)21(34-25(27)32)12-17-9-10-20(33-17)18-5-3-4-6-19(18)24(30)31/h3-12H,13H2,1-2H3,(H,26,28)(H,30,31)/b21-12-. The molecule has 2 N–H and O–H groups in total. The van der Waals surface area contributed by atoms with Crippen molar-refractivity contribution in [3.8, 4) is 11.3 Å². The zero-order valence-electron chi connectivity index (χ0n) is 18.3. The smallest absolute Gasteiger partial charge is 0.336 e. The highest BCUT2D eigenvalue weighted by Gasteiger charge is 2.36. The Hall–Kier alpha value is -4.11. The Kier molecular flexibility index (Phi) is 6.38. The average molecular weight is 477 g/mol. The zero-order valence-corrected chi connectivity index (χ0v) is 19.1. The minimum atomic E-state index is -1.09. The van der Waals surface area contributed by atoms with Crippen molar-refractivity contribution in [1.29, 1.82) is 0 Å². The van der Waals surface area contributed by atoms with Gasteiger partial charge >= 0.3 is 5.97 Å². The SMILES string of the molecule is Cc1ccc(NC(=O)CN2C(=O)S/C(=C\c3ccc(-c4ccccc4C(=O)O)o3)C2=O)cc1C. The number of aromatic carboxylic acids is 1. The maximum Gasteiger partial charge on any atom is 0.336 e. The second-order valence-corrected chi connectivity index (χ2v) is 8.66. The summed E-state index contributed by atoms with van der Waals surface area (Å²) in [6.45, 7) is 3.47. The first-order chi connectivity index (χ1) is 16.2. The third kappa shape index (κ3) is 4.79. The number of furan rings is 1. The van der Waals surface area contributed by atoms with Crippen LogP contribution in [-0.4, -0.2) is 39.6 Å². The molecule has 3 aromatic rings. The number of carboxylic acid groups (broad SMARTS) is 1. The Bertz CT molecular complexity index is 1360. The third-order valence-corrected chi connectivity index (χ3v) is 6.20. The molecule has 8 nitrogen and oxygen atoms in total. The van der Waals surface area contributed by atoms with E-state index in [0.29, 0.717) is 28.8 Å². The summed E-state index contributed by atoms with van der Waals surface area (Å²) in [5.41, 5.74) is 3.15. The van der Waals surface area contributed by atoms with Gasteiger partial charge in [-0.2, -0.15) is 0 Å². The van der Waals surface area contributed by atoms with E-state index in [0.717, 1.165) is 16.0 Å². The number of nitrogens with zero attached hydrogens (tertiary/aromatic N) is 1. The van der Waals surface area contributed by atoms with Crippen molar-refractivity contribution in [2.45, 2.75) is 13.8 Å². The molecule has 2 heterocycles. The second-order valence-electron chi connectivity index (χ2n) is 7.67. The van der Waals surface area contributed by atoms with E-state index in [4.69, 9.17) is 4.42 Å². The first-order valence-corrected chi connectivity index (χ1v) is 11.1. The van der Waals surface area contributed by atoms with Crippen molar-refractivity contribution in [2.75, 3.05) is 11.9 Å². The number of carbonyl (C=O) groups excluding carboxylic acids is 3. The quantitative estimate of drug-likeness (QED) is 0.484. The van der Waals surface area contributed by atoms with Gasteiger partial charge in [0.2, 0.25) is 5.91 Å². The van der Waals surface area contributed by atoms with Crippen molar-refractivity contribution >= 4 is 46.5 Å². The molecule has 0 aliphatic carbocycles. The summed E-state index contributed by atoms with van der Waals surface area (Å²) in [6, 6.07) is 15.0. The van der Waals surface area contributed by atoms with Crippen molar-refractivity contribution in [2.24, 2.45) is 0 Å². The topological polar surface area (TPSA) is 117 Å². The Morgan fingerprint density at radius 1 is 1.06 bits per heavy atom. The molecule has 0 radical (unpaired) electrons. The zero-order chi connectivity index (χ0) is 24.4. The van der Waals surface area contributed by atoms with E-state index in [1.807, 2.05) is 26.0 Å². The highest BCUT2D eigenvalue weighted by molar-refractivity contribution is 8.18. The van der Waals surface area contributed by atoms with Crippen molar-refractivity contribution < 1.29 is 28.7 Å². The van der Waals surface area contributed by atoms with Gasteiger partial charge in [-0.05, 0) is 67.1 Å². The van der Waals surface area contributed by atoms with Crippen LogP contribution in [0.15, 0.2) is 63.9 Å². The number of rotatable bonds is 6. The number of thioether (sulfide) groups is 1. The summed E-state index contributed by atoms with van der Waals surface area (Å²) in [5, 5.41) is 11.5. The summed E-state index contributed by atoms with van der Waals surface area (Å²) in [7, 11) is 0.